The topological polar surface area (TPSA) is 114 Å². The maximum absolute atomic E-state index is 13.2. The van der Waals surface area contributed by atoms with Gasteiger partial charge in [0.25, 0.3) is 0 Å². The molecule has 186 valence electrons. The van der Waals surface area contributed by atoms with Crippen molar-refractivity contribution in [3.63, 3.8) is 0 Å². The maximum Gasteiger partial charge on any atom is 0.407 e. The summed E-state index contributed by atoms with van der Waals surface area (Å²) in [5, 5.41) is 12.2. The zero-order valence-corrected chi connectivity index (χ0v) is 20.0. The maximum atomic E-state index is 13.2. The number of benzene rings is 2. The molecule has 2 N–H and O–H groups in total. The number of hydrogen-bond donors (Lipinski definition) is 2. The standard InChI is InChI=1S/C26H30N2O7/c1-16(33-2)22(23(29)28-13-12-26(15-28,34-3)24(30)31)27-25(32)35-14-21-19-10-6-4-8-17(19)18-9-5-7-11-20(18)21/h4-11,16,21-22H,12-15H2,1-3H3,(H,27,32)(H,30,31)/t16-,22+,26?/m1/s1. The molecule has 0 bridgehead atoms. The Morgan fingerprint density at radius 3 is 2.20 bits per heavy atom. The van der Waals surface area contributed by atoms with Gasteiger partial charge in [-0.25, -0.2) is 9.59 Å². The Morgan fingerprint density at radius 1 is 1.09 bits per heavy atom. The normalized spacial score (nSPS) is 20.6. The first kappa shape index (κ1) is 24.7. The number of methoxy groups -OCH3 is 2. The molecule has 9 heteroatoms. The van der Waals surface area contributed by atoms with E-state index in [2.05, 4.69) is 17.4 Å². The highest BCUT2D eigenvalue weighted by Gasteiger charge is 2.48. The molecule has 1 aliphatic heterocycles. The van der Waals surface area contributed by atoms with Crippen molar-refractivity contribution in [3.05, 3.63) is 59.7 Å². The number of alkyl carbamates (subject to hydrolysis) is 1. The van der Waals surface area contributed by atoms with E-state index in [1.165, 1.54) is 19.1 Å². The van der Waals surface area contributed by atoms with E-state index in [-0.39, 0.29) is 32.0 Å². The average molecular weight is 483 g/mol. The monoisotopic (exact) mass is 482 g/mol. The molecular weight excluding hydrogens is 452 g/mol. The van der Waals surface area contributed by atoms with Gasteiger partial charge in [0.15, 0.2) is 5.60 Å². The largest absolute Gasteiger partial charge is 0.479 e. The van der Waals surface area contributed by atoms with Gasteiger partial charge >= 0.3 is 12.1 Å². The van der Waals surface area contributed by atoms with E-state index in [4.69, 9.17) is 14.2 Å². The summed E-state index contributed by atoms with van der Waals surface area (Å²) >= 11 is 0. The first-order chi connectivity index (χ1) is 16.8. The minimum atomic E-state index is -1.46. The molecule has 0 aromatic heterocycles. The molecule has 0 spiro atoms. The fraction of sp³-hybridized carbons (Fsp3) is 0.423. The van der Waals surface area contributed by atoms with Gasteiger partial charge in [0, 0.05) is 33.1 Å². The number of hydrogen-bond acceptors (Lipinski definition) is 6. The van der Waals surface area contributed by atoms with Gasteiger partial charge in [0.2, 0.25) is 5.91 Å². The fourth-order valence-corrected chi connectivity index (χ4v) is 4.88. The number of rotatable bonds is 8. The first-order valence-electron chi connectivity index (χ1n) is 11.5. The van der Waals surface area contributed by atoms with Gasteiger partial charge in [-0.3, -0.25) is 4.79 Å². The van der Waals surface area contributed by atoms with Gasteiger partial charge in [0.05, 0.1) is 12.6 Å². The van der Waals surface area contributed by atoms with E-state index >= 15 is 0 Å². The van der Waals surface area contributed by atoms with Crippen LogP contribution in [0, 0.1) is 0 Å². The van der Waals surface area contributed by atoms with Crippen LogP contribution in [0.4, 0.5) is 4.79 Å². The Hall–Kier alpha value is -3.43. The van der Waals surface area contributed by atoms with Crippen LogP contribution in [-0.4, -0.2) is 79.6 Å². The highest BCUT2D eigenvalue weighted by molar-refractivity contribution is 5.88. The second-order valence-electron chi connectivity index (χ2n) is 8.90. The van der Waals surface area contributed by atoms with Gasteiger partial charge in [-0.2, -0.15) is 0 Å². The number of aliphatic carboxylic acids is 1. The molecule has 1 heterocycles. The van der Waals surface area contributed by atoms with Crippen molar-refractivity contribution in [2.24, 2.45) is 0 Å². The molecule has 2 aliphatic rings. The lowest BCUT2D eigenvalue weighted by Crippen LogP contribution is -2.55. The lowest BCUT2D eigenvalue weighted by Gasteiger charge is -2.29. The summed E-state index contributed by atoms with van der Waals surface area (Å²) in [5.41, 5.74) is 2.95. The Labute approximate surface area is 204 Å². The van der Waals surface area contributed by atoms with Crippen molar-refractivity contribution in [1.29, 1.82) is 0 Å². The Balaban J connectivity index is 1.44. The molecule has 0 saturated carbocycles. The van der Waals surface area contributed by atoms with E-state index in [0.29, 0.717) is 0 Å². The molecule has 35 heavy (non-hydrogen) atoms. The van der Waals surface area contributed by atoms with Crippen molar-refractivity contribution >= 4 is 18.0 Å². The Morgan fingerprint density at radius 2 is 1.69 bits per heavy atom. The van der Waals surface area contributed by atoms with Crippen LogP contribution in [-0.2, 0) is 23.8 Å². The number of nitrogens with one attached hydrogen (secondary N) is 1. The van der Waals surface area contributed by atoms with Crippen LogP contribution in [0.15, 0.2) is 48.5 Å². The summed E-state index contributed by atoms with van der Waals surface area (Å²) in [7, 11) is 2.75. The SMILES string of the molecule is CO[C@H](C)[C@H](NC(=O)OCC1c2ccccc2-c2ccccc21)C(=O)N1CCC(OC)(C(=O)O)C1. The number of carbonyl (C=O) groups is 3. The van der Waals surface area contributed by atoms with Crippen molar-refractivity contribution in [2.45, 2.75) is 37.0 Å². The van der Waals surface area contributed by atoms with Gasteiger partial charge in [-0.05, 0) is 29.2 Å². The quantitative estimate of drug-likeness (QED) is 0.594. The molecule has 1 saturated heterocycles. The number of fused-ring (bicyclic) bond motifs is 3. The number of ether oxygens (including phenoxy) is 3. The zero-order valence-electron chi connectivity index (χ0n) is 20.0. The van der Waals surface area contributed by atoms with E-state index in [1.54, 1.807) is 6.92 Å². The number of amides is 2. The summed E-state index contributed by atoms with van der Waals surface area (Å²) in [4.78, 5) is 39.1. The predicted molar refractivity (Wildman–Crippen MR) is 127 cm³/mol. The molecule has 0 radical (unpaired) electrons. The van der Waals surface area contributed by atoms with Crippen LogP contribution in [0.5, 0.6) is 0 Å². The molecular formula is C26H30N2O7. The van der Waals surface area contributed by atoms with E-state index in [9.17, 15) is 19.5 Å². The van der Waals surface area contributed by atoms with Crippen LogP contribution >= 0.6 is 0 Å². The van der Waals surface area contributed by atoms with Gasteiger partial charge in [0.1, 0.15) is 12.6 Å². The third-order valence-corrected chi connectivity index (χ3v) is 7.05. The summed E-state index contributed by atoms with van der Waals surface area (Å²) in [6.45, 7) is 1.84. The number of carboxylic acid groups (broad SMARTS) is 1. The summed E-state index contributed by atoms with van der Waals surface area (Å²) in [6.07, 6.45) is -1.25. The van der Waals surface area contributed by atoms with Crippen LogP contribution < -0.4 is 5.32 Å². The van der Waals surface area contributed by atoms with Crippen molar-refractivity contribution in [2.75, 3.05) is 33.9 Å². The number of likely N-dealkylation sites (tertiary alicyclic amines) is 1. The van der Waals surface area contributed by atoms with E-state index in [1.807, 2.05) is 36.4 Å². The molecule has 2 amide bonds. The number of carboxylic acids is 1. The smallest absolute Gasteiger partial charge is 0.407 e. The van der Waals surface area contributed by atoms with Crippen LogP contribution in [0.25, 0.3) is 11.1 Å². The van der Waals surface area contributed by atoms with Gasteiger partial charge in [-0.1, -0.05) is 48.5 Å². The van der Waals surface area contributed by atoms with E-state index < -0.39 is 35.7 Å². The Bertz CT molecular complexity index is 1070. The molecule has 9 nitrogen and oxygen atoms in total. The molecule has 2 aromatic rings. The van der Waals surface area contributed by atoms with Gasteiger partial charge < -0.3 is 29.5 Å². The number of nitrogens with zero attached hydrogens (tertiary/aromatic N) is 1. The summed E-state index contributed by atoms with van der Waals surface area (Å²) in [5.74, 6) is -1.69. The molecule has 2 aromatic carbocycles. The third kappa shape index (κ3) is 4.61. The van der Waals surface area contributed by atoms with Crippen LogP contribution in [0.3, 0.4) is 0 Å². The highest BCUT2D eigenvalue weighted by Crippen LogP contribution is 2.44. The number of carbonyl (C=O) groups excluding carboxylic acids is 2. The average Bonchev–Trinajstić information content (AvgIpc) is 3.46. The second-order valence-corrected chi connectivity index (χ2v) is 8.90. The molecule has 1 unspecified atom stereocenters. The lowest BCUT2D eigenvalue weighted by atomic mass is 9.98. The zero-order chi connectivity index (χ0) is 25.2. The summed E-state index contributed by atoms with van der Waals surface area (Å²) < 4.78 is 16.1. The van der Waals surface area contributed by atoms with Gasteiger partial charge in [-0.15, -0.1) is 0 Å². The molecule has 1 fully saturated rings. The van der Waals surface area contributed by atoms with Crippen molar-refractivity contribution in [1.82, 2.24) is 10.2 Å². The predicted octanol–water partition coefficient (Wildman–Crippen LogP) is 2.63. The van der Waals surface area contributed by atoms with Crippen LogP contribution in [0.2, 0.25) is 0 Å². The van der Waals surface area contributed by atoms with Crippen LogP contribution in [0.1, 0.15) is 30.4 Å². The first-order valence-corrected chi connectivity index (χ1v) is 11.5. The second kappa shape index (κ2) is 10.1. The molecule has 4 rings (SSSR count). The third-order valence-electron chi connectivity index (χ3n) is 7.05. The minimum Gasteiger partial charge on any atom is -0.479 e. The van der Waals surface area contributed by atoms with E-state index in [0.717, 1.165) is 22.3 Å². The van der Waals surface area contributed by atoms with Crippen molar-refractivity contribution < 1.29 is 33.7 Å². The van der Waals surface area contributed by atoms with Crippen molar-refractivity contribution in [3.8, 4) is 11.1 Å². The Kier molecular flexibility index (Phi) is 7.09. The molecule has 1 aliphatic carbocycles. The minimum absolute atomic E-state index is 0.109. The lowest BCUT2D eigenvalue weighted by molar-refractivity contribution is -0.161. The molecule has 3 atom stereocenters. The fourth-order valence-electron chi connectivity index (χ4n) is 4.88. The highest BCUT2D eigenvalue weighted by atomic mass is 16.6. The summed E-state index contributed by atoms with van der Waals surface area (Å²) in [6, 6.07) is 15.0.